The first kappa shape index (κ1) is 19.9. The molecule has 0 saturated heterocycles. The van der Waals surface area contributed by atoms with Crippen molar-refractivity contribution in [3.05, 3.63) is 65.4 Å². The van der Waals surface area contributed by atoms with E-state index in [9.17, 15) is 4.79 Å². The molecule has 0 fully saturated rings. The molecule has 3 N–H and O–H groups in total. The van der Waals surface area contributed by atoms with Gasteiger partial charge >= 0.3 is 0 Å². The van der Waals surface area contributed by atoms with E-state index in [-0.39, 0.29) is 11.5 Å². The van der Waals surface area contributed by atoms with Gasteiger partial charge in [-0.3, -0.25) is 10.2 Å². The maximum atomic E-state index is 11.2. The zero-order chi connectivity index (χ0) is 21.0. The third-order valence-electron chi connectivity index (χ3n) is 4.52. The summed E-state index contributed by atoms with van der Waals surface area (Å²) in [5.41, 5.74) is 9.25. The van der Waals surface area contributed by atoms with Gasteiger partial charge < -0.3 is 19.9 Å². The number of ether oxygens (including phenoxy) is 3. The van der Waals surface area contributed by atoms with Crippen molar-refractivity contribution in [2.45, 2.75) is 0 Å². The molecule has 148 valence electrons. The number of benzene rings is 2. The van der Waals surface area contributed by atoms with Crippen molar-refractivity contribution >= 4 is 17.8 Å². The molecule has 0 radical (unpaired) electrons. The van der Waals surface area contributed by atoms with Crippen LogP contribution in [0.15, 0.2) is 48.7 Å². The Bertz CT molecular complexity index is 1050. The molecule has 3 aromatic rings. The van der Waals surface area contributed by atoms with E-state index in [4.69, 9.17) is 25.4 Å². The third-order valence-corrected chi connectivity index (χ3v) is 4.52. The van der Waals surface area contributed by atoms with Crippen molar-refractivity contribution in [1.29, 1.82) is 5.41 Å². The molecule has 0 amide bonds. The van der Waals surface area contributed by atoms with Crippen LogP contribution in [0, 0.1) is 5.41 Å². The molecule has 0 unspecified atom stereocenters. The van der Waals surface area contributed by atoms with Crippen LogP contribution in [-0.4, -0.2) is 38.3 Å². The topological polar surface area (TPSA) is 108 Å². The smallest absolute Gasteiger partial charge is 0.203 e. The largest absolute Gasteiger partial charge is 0.493 e. The summed E-state index contributed by atoms with van der Waals surface area (Å²) in [5.74, 6) is 1.50. The minimum Gasteiger partial charge on any atom is -0.493 e. The molecule has 0 bridgehead atoms. The lowest BCUT2D eigenvalue weighted by Crippen LogP contribution is -2.10. The van der Waals surface area contributed by atoms with E-state index in [1.54, 1.807) is 42.6 Å². The van der Waals surface area contributed by atoms with Gasteiger partial charge in [-0.1, -0.05) is 18.2 Å². The number of nitrogens with two attached hydrogens (primary N) is 1. The van der Waals surface area contributed by atoms with Crippen LogP contribution in [0.5, 0.6) is 17.2 Å². The zero-order valence-electron chi connectivity index (χ0n) is 16.4. The standard InChI is InChI=1S/C22H21N3O4/c1-27-17-10-15(11-18(28-2)21(17)29-3)20(23)19-16(7-8-25-22(19)24)14-6-4-5-13(9-14)12-26/h4-12,23H,1-3H3,(H2,24,25). The summed E-state index contributed by atoms with van der Waals surface area (Å²) in [6, 6.07) is 12.2. The zero-order valence-corrected chi connectivity index (χ0v) is 16.4. The molecular weight excluding hydrogens is 370 g/mol. The Labute approximate surface area is 168 Å². The van der Waals surface area contributed by atoms with Crippen LogP contribution in [0.1, 0.15) is 21.5 Å². The third kappa shape index (κ3) is 3.75. The fourth-order valence-corrected chi connectivity index (χ4v) is 3.13. The van der Waals surface area contributed by atoms with Crippen molar-refractivity contribution < 1.29 is 19.0 Å². The van der Waals surface area contributed by atoms with Crippen molar-refractivity contribution in [2.24, 2.45) is 0 Å². The van der Waals surface area contributed by atoms with E-state index in [2.05, 4.69) is 4.98 Å². The van der Waals surface area contributed by atoms with Crippen molar-refractivity contribution in [1.82, 2.24) is 4.98 Å². The van der Waals surface area contributed by atoms with E-state index in [0.717, 1.165) is 11.8 Å². The number of methoxy groups -OCH3 is 3. The van der Waals surface area contributed by atoms with Gasteiger partial charge in [-0.05, 0) is 35.4 Å². The number of anilines is 1. The monoisotopic (exact) mass is 391 g/mol. The predicted molar refractivity (Wildman–Crippen MR) is 112 cm³/mol. The number of carbonyl (C=O) groups excluding carboxylic acids is 1. The van der Waals surface area contributed by atoms with Crippen LogP contribution in [0.4, 0.5) is 5.82 Å². The molecule has 2 aromatic carbocycles. The number of hydrogen-bond donors (Lipinski definition) is 2. The molecule has 7 nitrogen and oxygen atoms in total. The Hall–Kier alpha value is -3.87. The lowest BCUT2D eigenvalue weighted by atomic mass is 9.93. The molecule has 7 heteroatoms. The number of pyridine rings is 1. The highest BCUT2D eigenvalue weighted by Crippen LogP contribution is 2.39. The fourth-order valence-electron chi connectivity index (χ4n) is 3.13. The second-order valence-electron chi connectivity index (χ2n) is 6.15. The molecule has 29 heavy (non-hydrogen) atoms. The molecule has 3 rings (SSSR count). The molecule has 0 spiro atoms. The fraction of sp³-hybridized carbons (Fsp3) is 0.136. The van der Waals surface area contributed by atoms with E-state index in [1.807, 2.05) is 6.07 Å². The summed E-state index contributed by atoms with van der Waals surface area (Å²) >= 11 is 0. The maximum Gasteiger partial charge on any atom is 0.203 e. The number of nitrogens with zero attached hydrogens (tertiary/aromatic N) is 1. The summed E-state index contributed by atoms with van der Waals surface area (Å²) in [4.78, 5) is 15.3. The molecule has 0 saturated carbocycles. The SMILES string of the molecule is COc1cc(C(=N)c2c(-c3cccc(C=O)c3)ccnc2N)cc(OC)c1OC. The molecule has 1 heterocycles. The number of aldehydes is 1. The van der Waals surface area contributed by atoms with Crippen LogP contribution < -0.4 is 19.9 Å². The summed E-state index contributed by atoms with van der Waals surface area (Å²) < 4.78 is 16.1. The molecule has 0 aliphatic rings. The van der Waals surface area contributed by atoms with Crippen LogP contribution in [0.25, 0.3) is 11.1 Å². The first-order valence-electron chi connectivity index (χ1n) is 8.73. The minimum absolute atomic E-state index is 0.140. The molecule has 1 aromatic heterocycles. The summed E-state index contributed by atoms with van der Waals surface area (Å²) in [5, 5.41) is 8.83. The van der Waals surface area contributed by atoms with Crippen molar-refractivity contribution in [3.8, 4) is 28.4 Å². The van der Waals surface area contributed by atoms with Gasteiger partial charge in [-0.2, -0.15) is 0 Å². The van der Waals surface area contributed by atoms with Gasteiger partial charge in [0.15, 0.2) is 11.5 Å². The average Bonchev–Trinajstić information content (AvgIpc) is 2.77. The van der Waals surface area contributed by atoms with Crippen LogP contribution in [0.3, 0.4) is 0 Å². The molecule has 0 aliphatic heterocycles. The normalized spacial score (nSPS) is 10.3. The molecular formula is C22H21N3O4. The first-order chi connectivity index (χ1) is 14.0. The van der Waals surface area contributed by atoms with E-state index in [0.29, 0.717) is 39.5 Å². The Morgan fingerprint density at radius 1 is 1.03 bits per heavy atom. The van der Waals surface area contributed by atoms with Gasteiger partial charge in [0, 0.05) is 17.3 Å². The van der Waals surface area contributed by atoms with E-state index in [1.165, 1.54) is 21.3 Å². The number of hydrogen-bond acceptors (Lipinski definition) is 7. The Morgan fingerprint density at radius 2 is 1.72 bits per heavy atom. The lowest BCUT2D eigenvalue weighted by Gasteiger charge is -2.17. The van der Waals surface area contributed by atoms with Gasteiger partial charge in [0.2, 0.25) is 5.75 Å². The van der Waals surface area contributed by atoms with E-state index >= 15 is 0 Å². The average molecular weight is 391 g/mol. The maximum absolute atomic E-state index is 11.2. The highest BCUT2D eigenvalue weighted by Gasteiger charge is 2.20. The Morgan fingerprint density at radius 3 is 2.31 bits per heavy atom. The highest BCUT2D eigenvalue weighted by atomic mass is 16.5. The Balaban J connectivity index is 2.19. The first-order valence-corrected chi connectivity index (χ1v) is 8.73. The summed E-state index contributed by atoms with van der Waals surface area (Å²) in [6.45, 7) is 0. The number of nitrogen functional groups attached to an aromatic ring is 1. The van der Waals surface area contributed by atoms with Gasteiger partial charge in [0.1, 0.15) is 12.1 Å². The minimum atomic E-state index is 0.140. The van der Waals surface area contributed by atoms with Crippen molar-refractivity contribution in [3.63, 3.8) is 0 Å². The van der Waals surface area contributed by atoms with Gasteiger partial charge in [-0.25, -0.2) is 4.98 Å². The Kier molecular flexibility index (Phi) is 5.78. The lowest BCUT2D eigenvalue weighted by molar-refractivity contribution is 0.112. The second kappa shape index (κ2) is 8.43. The quantitative estimate of drug-likeness (QED) is 0.471. The van der Waals surface area contributed by atoms with Crippen molar-refractivity contribution in [2.75, 3.05) is 27.1 Å². The van der Waals surface area contributed by atoms with Gasteiger partial charge in [-0.15, -0.1) is 0 Å². The summed E-state index contributed by atoms with van der Waals surface area (Å²) in [6.07, 6.45) is 2.35. The number of carbonyl (C=O) groups is 1. The molecule has 0 atom stereocenters. The molecule has 0 aliphatic carbocycles. The predicted octanol–water partition coefficient (Wildman–Crippen LogP) is 3.59. The number of nitrogens with one attached hydrogen (secondary N) is 1. The summed E-state index contributed by atoms with van der Waals surface area (Å²) in [7, 11) is 4.54. The number of aromatic nitrogens is 1. The van der Waals surface area contributed by atoms with Crippen LogP contribution in [0.2, 0.25) is 0 Å². The highest BCUT2D eigenvalue weighted by molar-refractivity contribution is 6.17. The van der Waals surface area contributed by atoms with Crippen LogP contribution >= 0.6 is 0 Å². The van der Waals surface area contributed by atoms with Crippen LogP contribution in [-0.2, 0) is 0 Å². The second-order valence-corrected chi connectivity index (χ2v) is 6.15. The van der Waals surface area contributed by atoms with Gasteiger partial charge in [0.25, 0.3) is 0 Å². The van der Waals surface area contributed by atoms with Gasteiger partial charge in [0.05, 0.1) is 32.6 Å². The van der Waals surface area contributed by atoms with E-state index < -0.39 is 0 Å². The number of rotatable bonds is 7.